The lowest BCUT2D eigenvalue weighted by Gasteiger charge is -2.31. The van der Waals surface area contributed by atoms with E-state index >= 15 is 0 Å². The molecule has 1 N–H and O–H groups in total. The molecular formula is C26H26N2O6. The van der Waals surface area contributed by atoms with E-state index in [0.29, 0.717) is 37.1 Å². The summed E-state index contributed by atoms with van der Waals surface area (Å²) >= 11 is 0. The lowest BCUT2D eigenvalue weighted by Crippen LogP contribution is -2.40. The molecule has 0 saturated carbocycles. The highest BCUT2D eigenvalue weighted by molar-refractivity contribution is 5.92. The zero-order valence-corrected chi connectivity index (χ0v) is 18.7. The summed E-state index contributed by atoms with van der Waals surface area (Å²) in [7, 11) is 0. The van der Waals surface area contributed by atoms with Crippen molar-refractivity contribution < 1.29 is 28.5 Å². The molecule has 34 heavy (non-hydrogen) atoms. The Balaban J connectivity index is 1.04. The Hall–Kier alpha value is -3.94. The molecule has 1 saturated heterocycles. The summed E-state index contributed by atoms with van der Waals surface area (Å²) in [5.41, 5.74) is 1.77. The summed E-state index contributed by atoms with van der Waals surface area (Å²) in [5, 5.41) is 2.96. The Morgan fingerprint density at radius 3 is 2.00 bits per heavy atom. The monoisotopic (exact) mass is 462 g/mol. The molecular weight excluding hydrogens is 436 g/mol. The average Bonchev–Trinajstić information content (AvgIpc) is 3.53. The van der Waals surface area contributed by atoms with Crippen LogP contribution in [0.25, 0.3) is 12.2 Å². The lowest BCUT2D eigenvalue weighted by molar-refractivity contribution is -0.127. The number of rotatable bonds is 6. The van der Waals surface area contributed by atoms with Gasteiger partial charge in [0.25, 0.3) is 0 Å². The zero-order chi connectivity index (χ0) is 23.3. The van der Waals surface area contributed by atoms with E-state index in [0.717, 1.165) is 35.5 Å². The molecule has 5 rings (SSSR count). The first kappa shape index (κ1) is 21.9. The van der Waals surface area contributed by atoms with Gasteiger partial charge in [-0.3, -0.25) is 9.59 Å². The van der Waals surface area contributed by atoms with Crippen molar-refractivity contribution in [1.82, 2.24) is 10.2 Å². The fourth-order valence-electron chi connectivity index (χ4n) is 4.14. The van der Waals surface area contributed by atoms with Gasteiger partial charge in [0.2, 0.25) is 25.4 Å². The second-order valence-corrected chi connectivity index (χ2v) is 8.41. The van der Waals surface area contributed by atoms with Gasteiger partial charge in [0.05, 0.1) is 0 Å². The molecule has 3 heterocycles. The molecule has 3 aliphatic rings. The number of fused-ring (bicyclic) bond motifs is 2. The predicted octanol–water partition coefficient (Wildman–Crippen LogP) is 3.23. The number of nitrogens with one attached hydrogen (secondary N) is 1. The third kappa shape index (κ3) is 5.17. The normalized spacial score (nSPS) is 17.0. The SMILES string of the molecule is O=C(/C=C\c1ccc2c(c1)OCO2)NCC1CCN(C(=O)/C=C/c2ccc3c(c2)OCO3)CC1. The van der Waals surface area contributed by atoms with Gasteiger partial charge < -0.3 is 29.2 Å². The topological polar surface area (TPSA) is 86.3 Å². The van der Waals surface area contributed by atoms with Crippen LogP contribution in [0.2, 0.25) is 0 Å². The Kier molecular flexibility index (Phi) is 6.38. The second-order valence-electron chi connectivity index (χ2n) is 8.41. The Bertz CT molecular complexity index is 1130. The maximum atomic E-state index is 12.6. The van der Waals surface area contributed by atoms with Crippen molar-refractivity contribution >= 4 is 24.0 Å². The first-order chi connectivity index (χ1) is 16.6. The van der Waals surface area contributed by atoms with Crippen LogP contribution in [0.3, 0.4) is 0 Å². The van der Waals surface area contributed by atoms with Crippen molar-refractivity contribution in [3.8, 4) is 23.0 Å². The molecule has 0 bridgehead atoms. The smallest absolute Gasteiger partial charge is 0.246 e. The minimum atomic E-state index is -0.136. The highest BCUT2D eigenvalue weighted by Crippen LogP contribution is 2.33. The molecule has 2 amide bonds. The molecule has 176 valence electrons. The Morgan fingerprint density at radius 1 is 0.824 bits per heavy atom. The van der Waals surface area contributed by atoms with E-state index in [9.17, 15) is 9.59 Å². The van der Waals surface area contributed by atoms with E-state index in [4.69, 9.17) is 18.9 Å². The van der Waals surface area contributed by atoms with Crippen LogP contribution in [0.15, 0.2) is 48.6 Å². The Labute approximate surface area is 197 Å². The summed E-state index contributed by atoms with van der Waals surface area (Å²) < 4.78 is 21.3. The van der Waals surface area contributed by atoms with Crippen molar-refractivity contribution in [2.45, 2.75) is 12.8 Å². The van der Waals surface area contributed by atoms with Crippen LogP contribution in [0.1, 0.15) is 24.0 Å². The molecule has 8 nitrogen and oxygen atoms in total. The number of likely N-dealkylation sites (tertiary alicyclic amines) is 1. The number of carbonyl (C=O) groups is 2. The fraction of sp³-hybridized carbons (Fsp3) is 0.308. The predicted molar refractivity (Wildman–Crippen MR) is 126 cm³/mol. The van der Waals surface area contributed by atoms with Crippen LogP contribution in [0.4, 0.5) is 0 Å². The van der Waals surface area contributed by atoms with Gasteiger partial charge in [-0.15, -0.1) is 0 Å². The van der Waals surface area contributed by atoms with E-state index in [-0.39, 0.29) is 25.4 Å². The third-order valence-electron chi connectivity index (χ3n) is 6.13. The summed E-state index contributed by atoms with van der Waals surface area (Å²) in [5.74, 6) is 3.04. The van der Waals surface area contributed by atoms with Crippen LogP contribution in [-0.2, 0) is 9.59 Å². The van der Waals surface area contributed by atoms with Gasteiger partial charge in [0.15, 0.2) is 23.0 Å². The molecule has 2 aromatic carbocycles. The van der Waals surface area contributed by atoms with Gasteiger partial charge in [-0.05, 0) is 66.3 Å². The number of hydrogen-bond donors (Lipinski definition) is 1. The molecule has 2 aromatic rings. The van der Waals surface area contributed by atoms with Crippen molar-refractivity contribution in [2.75, 3.05) is 33.2 Å². The van der Waals surface area contributed by atoms with Crippen molar-refractivity contribution in [3.05, 3.63) is 59.7 Å². The highest BCUT2D eigenvalue weighted by atomic mass is 16.7. The van der Waals surface area contributed by atoms with Gasteiger partial charge in [-0.1, -0.05) is 12.1 Å². The molecule has 0 spiro atoms. The maximum Gasteiger partial charge on any atom is 0.246 e. The fourth-order valence-corrected chi connectivity index (χ4v) is 4.14. The van der Waals surface area contributed by atoms with Crippen LogP contribution < -0.4 is 24.3 Å². The molecule has 8 heteroatoms. The lowest BCUT2D eigenvalue weighted by atomic mass is 9.96. The van der Waals surface area contributed by atoms with Gasteiger partial charge in [0, 0.05) is 31.8 Å². The first-order valence-electron chi connectivity index (χ1n) is 11.4. The van der Waals surface area contributed by atoms with Crippen LogP contribution in [-0.4, -0.2) is 49.9 Å². The number of amides is 2. The standard InChI is InChI=1S/C26H26N2O6/c29-25(7-3-18-1-5-21-23(13-18)33-16-31-21)27-15-20-9-11-28(12-10-20)26(30)8-4-19-2-6-22-24(14-19)34-17-32-22/h1-8,13-14,20H,9-12,15-17H2,(H,27,29)/b7-3-,8-4+. The van der Waals surface area contributed by atoms with E-state index in [1.807, 2.05) is 41.3 Å². The summed E-state index contributed by atoms with van der Waals surface area (Å²) in [6, 6.07) is 11.2. The maximum absolute atomic E-state index is 12.6. The molecule has 0 unspecified atom stereocenters. The highest BCUT2D eigenvalue weighted by Gasteiger charge is 2.22. The number of ether oxygens (including phenoxy) is 4. The van der Waals surface area contributed by atoms with Crippen LogP contribution in [0.5, 0.6) is 23.0 Å². The summed E-state index contributed by atoms with van der Waals surface area (Å²) in [6.07, 6.45) is 8.39. The molecule has 0 atom stereocenters. The average molecular weight is 463 g/mol. The third-order valence-corrected chi connectivity index (χ3v) is 6.13. The molecule has 3 aliphatic heterocycles. The number of hydrogen-bond acceptors (Lipinski definition) is 6. The van der Waals surface area contributed by atoms with Crippen LogP contribution >= 0.6 is 0 Å². The van der Waals surface area contributed by atoms with E-state index in [2.05, 4.69) is 5.32 Å². The largest absolute Gasteiger partial charge is 0.454 e. The zero-order valence-electron chi connectivity index (χ0n) is 18.7. The minimum Gasteiger partial charge on any atom is -0.454 e. The van der Waals surface area contributed by atoms with E-state index in [1.54, 1.807) is 18.2 Å². The summed E-state index contributed by atoms with van der Waals surface area (Å²) in [6.45, 7) is 2.41. The number of nitrogens with zero attached hydrogens (tertiary/aromatic N) is 1. The van der Waals surface area contributed by atoms with Gasteiger partial charge in [-0.2, -0.15) is 0 Å². The Morgan fingerprint density at radius 2 is 1.38 bits per heavy atom. The van der Waals surface area contributed by atoms with Gasteiger partial charge in [-0.25, -0.2) is 0 Å². The summed E-state index contributed by atoms with van der Waals surface area (Å²) in [4.78, 5) is 26.6. The second kappa shape index (κ2) is 9.91. The van der Waals surface area contributed by atoms with Crippen LogP contribution in [0, 0.1) is 5.92 Å². The molecule has 0 aliphatic carbocycles. The first-order valence-corrected chi connectivity index (χ1v) is 11.4. The minimum absolute atomic E-state index is 0.00758. The van der Waals surface area contributed by atoms with Crippen molar-refractivity contribution in [2.24, 2.45) is 5.92 Å². The molecule has 0 radical (unpaired) electrons. The molecule has 0 aromatic heterocycles. The quantitative estimate of drug-likeness (QED) is 0.664. The van der Waals surface area contributed by atoms with E-state index < -0.39 is 0 Å². The number of carbonyl (C=O) groups excluding carboxylic acids is 2. The van der Waals surface area contributed by atoms with Crippen molar-refractivity contribution in [1.29, 1.82) is 0 Å². The number of benzene rings is 2. The van der Waals surface area contributed by atoms with Gasteiger partial charge >= 0.3 is 0 Å². The van der Waals surface area contributed by atoms with E-state index in [1.165, 1.54) is 6.08 Å². The van der Waals surface area contributed by atoms with Crippen molar-refractivity contribution in [3.63, 3.8) is 0 Å². The van der Waals surface area contributed by atoms with Gasteiger partial charge in [0.1, 0.15) is 0 Å². The number of piperidine rings is 1. The molecule has 1 fully saturated rings.